The van der Waals surface area contributed by atoms with Gasteiger partial charge in [0.2, 0.25) is 5.91 Å². The molecule has 0 saturated carbocycles. The zero-order valence-corrected chi connectivity index (χ0v) is 47.2. The number of benzene rings is 4. The van der Waals surface area contributed by atoms with Crippen LogP contribution in [0.3, 0.4) is 0 Å². The number of hydrogen-bond donors (Lipinski definition) is 1. The number of carbonyl (C=O) groups is 3. The number of unbranched alkanes of at least 4 members (excludes halogenated alkanes) is 23. The van der Waals surface area contributed by atoms with Crippen LogP contribution in [0.4, 0.5) is 0 Å². The minimum Gasteiger partial charge on any atom is -0.484 e. The molecule has 2 aliphatic heterocycles. The molecular weight excluding hydrogens is 979 g/mol. The summed E-state index contributed by atoms with van der Waals surface area (Å²) in [5.74, 6) is -0.771. The van der Waals surface area contributed by atoms with Crippen molar-refractivity contribution in [1.82, 2.24) is 5.32 Å². The predicted molar refractivity (Wildman–Crippen MR) is 309 cm³/mol. The second-order valence-electron chi connectivity index (χ2n) is 21.3. The summed E-state index contributed by atoms with van der Waals surface area (Å²) in [6.07, 6.45) is 28.1. The molecule has 4 aromatic rings. The lowest BCUT2D eigenvalue weighted by atomic mass is 9.96. The van der Waals surface area contributed by atoms with Crippen LogP contribution >= 0.6 is 0 Å². The quantitative estimate of drug-likeness (QED) is 0.0262. The highest BCUT2D eigenvalue weighted by molar-refractivity contribution is 5.90. The van der Waals surface area contributed by atoms with Crippen LogP contribution in [0.15, 0.2) is 133 Å². The van der Waals surface area contributed by atoms with Crippen molar-refractivity contribution in [1.29, 1.82) is 0 Å². The summed E-state index contributed by atoms with van der Waals surface area (Å²) in [5, 5.41) is 3.31. The van der Waals surface area contributed by atoms with Crippen LogP contribution in [0.1, 0.15) is 213 Å². The highest BCUT2D eigenvalue weighted by atomic mass is 16.8. The molecule has 1 unspecified atom stereocenters. The predicted octanol–water partition coefficient (Wildman–Crippen LogP) is 16.0. The minimum atomic E-state index is -1.33. The second-order valence-corrected chi connectivity index (χ2v) is 21.3. The highest BCUT2D eigenvalue weighted by Crippen LogP contribution is 2.38. The molecule has 0 spiro atoms. The first-order chi connectivity index (χ1) is 38.4. The van der Waals surface area contributed by atoms with Crippen LogP contribution in [0, 0.1) is 0 Å². The van der Waals surface area contributed by atoms with E-state index in [2.05, 4.69) is 25.2 Å². The van der Waals surface area contributed by atoms with E-state index in [1.165, 1.54) is 122 Å². The van der Waals surface area contributed by atoms with Crippen molar-refractivity contribution in [2.75, 3.05) is 13.2 Å². The van der Waals surface area contributed by atoms with Gasteiger partial charge in [-0.2, -0.15) is 0 Å². The van der Waals surface area contributed by atoms with E-state index in [9.17, 15) is 14.4 Å². The smallest absolute Gasteiger partial charge is 0.338 e. The molecule has 11 nitrogen and oxygen atoms in total. The SMILES string of the molecule is CCCCCCCCCCCCC/C=C/[C@@H](Oc1ccccc1)[C@H](CO[C@@H]1O[C@@H]2COC(c3ccccc3)O[C@@H]2[C@H](OC(=O)c2ccccc2)[C@H]1OC(=O)c1ccccc1)NC(=O)CCCCCCCCCCCCCCC. The van der Waals surface area contributed by atoms with Crippen LogP contribution in [0.2, 0.25) is 0 Å². The monoisotopic (exact) mass is 1070 g/mol. The maximum Gasteiger partial charge on any atom is 0.338 e. The first kappa shape index (κ1) is 61.9. The summed E-state index contributed by atoms with van der Waals surface area (Å²) >= 11 is 0. The first-order valence-electron chi connectivity index (χ1n) is 30.2. The van der Waals surface area contributed by atoms with Crippen LogP contribution in [0.5, 0.6) is 5.75 Å². The second kappa shape index (κ2) is 37.5. The number of fused-ring (bicyclic) bond motifs is 1. The first-order valence-corrected chi connectivity index (χ1v) is 30.2. The topological polar surface area (TPSA) is 128 Å². The number of carbonyl (C=O) groups excluding carboxylic acids is 3. The van der Waals surface area contributed by atoms with Crippen molar-refractivity contribution >= 4 is 17.8 Å². The Morgan fingerprint density at radius 1 is 0.551 bits per heavy atom. The van der Waals surface area contributed by atoms with Crippen LogP contribution in [0.25, 0.3) is 0 Å². The van der Waals surface area contributed by atoms with E-state index in [-0.39, 0.29) is 19.1 Å². The van der Waals surface area contributed by atoms with Gasteiger partial charge in [-0.25, -0.2) is 9.59 Å². The molecule has 4 aromatic carbocycles. The number of amides is 1. The molecule has 2 heterocycles. The summed E-state index contributed by atoms with van der Waals surface area (Å²) in [6, 6.07) is 35.6. The number of ether oxygens (including phenoxy) is 7. The highest BCUT2D eigenvalue weighted by Gasteiger charge is 2.54. The van der Waals surface area contributed by atoms with Gasteiger partial charge < -0.3 is 38.5 Å². The Balaban J connectivity index is 1.20. The van der Waals surface area contributed by atoms with Gasteiger partial charge in [0.05, 0.1) is 30.4 Å². The molecule has 11 heteroatoms. The number of allylic oxidation sites excluding steroid dienone is 1. The number of nitrogens with one attached hydrogen (secondary N) is 1. The Labute approximate surface area is 467 Å². The number of rotatable bonds is 39. The fourth-order valence-electron chi connectivity index (χ4n) is 10.3. The fraction of sp³-hybridized carbons (Fsp3) is 0.567. The standard InChI is InChI=1S/C67H93NO10/c1-3-5-7-9-11-13-15-17-19-21-23-25-39-49-58(74-56-47-37-30-38-48-56)57(68-60(69)50-40-26-24-22-20-18-16-14-12-10-8-6-4-2)51-72-67-63(77-65(71)54-43-33-28-34-44-54)62(76-64(70)53-41-31-27-32-42-53)61-59(75-67)52-73-66(78-61)55-45-35-29-36-46-55/h27-39,41-49,57-59,61-63,66-67H,3-26,40,50-52H2,1-2H3,(H,68,69)/b49-39+/t57-,58+,59+,61-,62-,63+,66?,67+/m0/s1. The molecule has 1 amide bonds. The zero-order chi connectivity index (χ0) is 54.7. The van der Waals surface area contributed by atoms with Crippen molar-refractivity contribution in [3.05, 3.63) is 150 Å². The van der Waals surface area contributed by atoms with Gasteiger partial charge >= 0.3 is 11.9 Å². The molecule has 2 fully saturated rings. The lowest BCUT2D eigenvalue weighted by Gasteiger charge is -2.48. The lowest BCUT2D eigenvalue weighted by Crippen LogP contribution is -2.64. The third kappa shape index (κ3) is 22.8. The summed E-state index contributed by atoms with van der Waals surface area (Å²) in [5.41, 5.74) is 1.36. The molecule has 0 bridgehead atoms. The van der Waals surface area contributed by atoms with E-state index < -0.39 is 61.1 Å². The number of esters is 2. The van der Waals surface area contributed by atoms with E-state index in [1.807, 2.05) is 78.9 Å². The van der Waals surface area contributed by atoms with Gasteiger partial charge in [0.15, 0.2) is 24.8 Å². The summed E-state index contributed by atoms with van der Waals surface area (Å²) < 4.78 is 45.9. The molecule has 1 N–H and O–H groups in total. The molecule has 426 valence electrons. The van der Waals surface area contributed by atoms with Gasteiger partial charge in [-0.05, 0) is 61.7 Å². The van der Waals surface area contributed by atoms with Gasteiger partial charge in [0.25, 0.3) is 0 Å². The molecule has 0 radical (unpaired) electrons. The number of para-hydroxylation sites is 1. The van der Waals surface area contributed by atoms with Crippen molar-refractivity contribution in [3.8, 4) is 5.75 Å². The molecule has 8 atom stereocenters. The average Bonchev–Trinajstić information content (AvgIpc) is 3.48. The fourth-order valence-corrected chi connectivity index (χ4v) is 10.3. The van der Waals surface area contributed by atoms with E-state index in [0.29, 0.717) is 23.3 Å². The van der Waals surface area contributed by atoms with Crippen molar-refractivity contribution in [3.63, 3.8) is 0 Å². The Morgan fingerprint density at radius 2 is 1.01 bits per heavy atom. The van der Waals surface area contributed by atoms with Crippen molar-refractivity contribution < 1.29 is 47.5 Å². The van der Waals surface area contributed by atoms with Crippen molar-refractivity contribution in [2.24, 2.45) is 0 Å². The van der Waals surface area contributed by atoms with Crippen LogP contribution in [-0.2, 0) is 33.2 Å². The molecule has 2 aliphatic rings. The van der Waals surface area contributed by atoms with Gasteiger partial charge in [-0.3, -0.25) is 4.79 Å². The largest absolute Gasteiger partial charge is 0.484 e. The molecule has 0 aliphatic carbocycles. The van der Waals surface area contributed by atoms with Crippen LogP contribution < -0.4 is 10.1 Å². The van der Waals surface area contributed by atoms with Crippen LogP contribution in [-0.4, -0.2) is 73.9 Å². The average molecular weight is 1070 g/mol. The van der Waals surface area contributed by atoms with Gasteiger partial charge in [-0.15, -0.1) is 0 Å². The maximum atomic E-state index is 14.1. The Hall–Kier alpha value is -5.33. The maximum absolute atomic E-state index is 14.1. The van der Waals surface area contributed by atoms with E-state index in [0.717, 1.165) is 44.1 Å². The van der Waals surface area contributed by atoms with E-state index in [4.69, 9.17) is 33.2 Å². The minimum absolute atomic E-state index is 0.0592. The number of hydrogen-bond acceptors (Lipinski definition) is 10. The van der Waals surface area contributed by atoms with Gasteiger partial charge in [0.1, 0.15) is 24.1 Å². The lowest BCUT2D eigenvalue weighted by molar-refractivity contribution is -0.360. The Kier molecular flexibility index (Phi) is 29.8. The third-order valence-corrected chi connectivity index (χ3v) is 14.9. The molecule has 0 aromatic heterocycles. The van der Waals surface area contributed by atoms with Gasteiger partial charge in [0, 0.05) is 12.0 Å². The van der Waals surface area contributed by atoms with Gasteiger partial charge in [-0.1, -0.05) is 246 Å². The zero-order valence-electron chi connectivity index (χ0n) is 47.2. The van der Waals surface area contributed by atoms with Crippen molar-refractivity contribution in [2.45, 2.75) is 230 Å². The summed E-state index contributed by atoms with van der Waals surface area (Å²) in [6.45, 7) is 4.47. The molecule has 78 heavy (non-hydrogen) atoms. The summed E-state index contributed by atoms with van der Waals surface area (Å²) in [7, 11) is 0. The normalized spacial score (nSPS) is 19.9. The van der Waals surface area contributed by atoms with E-state index in [1.54, 1.807) is 48.5 Å². The molecular formula is C67H93NO10. The summed E-state index contributed by atoms with van der Waals surface area (Å²) in [4.78, 5) is 42.4. The Morgan fingerprint density at radius 3 is 1.54 bits per heavy atom. The molecule has 6 rings (SSSR count). The van der Waals surface area contributed by atoms with E-state index >= 15 is 0 Å². The molecule has 2 saturated heterocycles. The Bertz CT molecular complexity index is 2230. The third-order valence-electron chi connectivity index (χ3n) is 14.9.